The van der Waals surface area contributed by atoms with Crippen LogP contribution >= 0.6 is 0 Å². The van der Waals surface area contributed by atoms with Crippen LogP contribution in [0.25, 0.3) is 0 Å². The molecule has 0 aromatic heterocycles. The molecule has 1 aromatic carbocycles. The molecule has 172 valence electrons. The van der Waals surface area contributed by atoms with Crippen LogP contribution in [0.15, 0.2) is 54.8 Å². The standard InChI is InChI=1S/C25H31NO6/c1-2-3-4-5-11-23(29)26-12-7-9-19-16-21-15-18(27)14-20(31-21)13-17-8-6-10-22(28)24(17)25(30)32-19/h3-8,10-12,18-21,27-28H,2,9,13-16H2,1H3,(H,26,29)/b4-3-,11-5-,12-7+/t18-,19+,20+,21-/m1/s1. The summed E-state index contributed by atoms with van der Waals surface area (Å²) in [4.78, 5) is 24.7. The van der Waals surface area contributed by atoms with E-state index in [4.69, 9.17) is 9.47 Å². The van der Waals surface area contributed by atoms with Gasteiger partial charge in [-0.1, -0.05) is 43.4 Å². The highest BCUT2D eigenvalue weighted by molar-refractivity contribution is 5.94. The Morgan fingerprint density at radius 3 is 2.81 bits per heavy atom. The van der Waals surface area contributed by atoms with Crippen molar-refractivity contribution in [3.8, 4) is 5.75 Å². The number of hydrogen-bond donors (Lipinski definition) is 3. The van der Waals surface area contributed by atoms with Crippen molar-refractivity contribution in [2.45, 2.75) is 69.9 Å². The second kappa shape index (κ2) is 11.6. The number of nitrogens with one attached hydrogen (secondary N) is 1. The van der Waals surface area contributed by atoms with Crippen molar-refractivity contribution in [3.05, 3.63) is 65.9 Å². The summed E-state index contributed by atoms with van der Waals surface area (Å²) in [6, 6.07) is 4.91. The molecule has 7 nitrogen and oxygen atoms in total. The number of phenols is 1. The Morgan fingerprint density at radius 1 is 1.19 bits per heavy atom. The van der Waals surface area contributed by atoms with Gasteiger partial charge >= 0.3 is 5.97 Å². The van der Waals surface area contributed by atoms with Gasteiger partial charge in [0.2, 0.25) is 5.91 Å². The van der Waals surface area contributed by atoms with Crippen molar-refractivity contribution in [1.82, 2.24) is 5.32 Å². The maximum Gasteiger partial charge on any atom is 0.342 e. The largest absolute Gasteiger partial charge is 0.507 e. The first kappa shape index (κ1) is 23.8. The second-order valence-electron chi connectivity index (χ2n) is 8.13. The number of fused-ring (bicyclic) bond motifs is 3. The van der Waals surface area contributed by atoms with E-state index < -0.39 is 18.2 Å². The number of esters is 1. The molecular formula is C25H31NO6. The number of rotatable bonds is 6. The smallest absolute Gasteiger partial charge is 0.342 e. The Bertz CT molecular complexity index is 890. The van der Waals surface area contributed by atoms with Gasteiger partial charge in [0.05, 0.1) is 18.3 Å². The summed E-state index contributed by atoms with van der Waals surface area (Å²) < 4.78 is 11.9. The van der Waals surface area contributed by atoms with E-state index in [1.807, 2.05) is 19.1 Å². The van der Waals surface area contributed by atoms with E-state index in [0.29, 0.717) is 37.7 Å². The topological polar surface area (TPSA) is 105 Å². The number of aliphatic hydroxyl groups is 1. The molecule has 3 N–H and O–H groups in total. The minimum atomic E-state index is -0.577. The number of amides is 1. The van der Waals surface area contributed by atoms with Crippen molar-refractivity contribution in [2.75, 3.05) is 0 Å². The first-order valence-corrected chi connectivity index (χ1v) is 11.1. The summed E-state index contributed by atoms with van der Waals surface area (Å²) in [5.41, 5.74) is 0.780. The third-order valence-corrected chi connectivity index (χ3v) is 5.51. The first-order chi connectivity index (χ1) is 15.5. The summed E-state index contributed by atoms with van der Waals surface area (Å²) in [5.74, 6) is -0.969. The van der Waals surface area contributed by atoms with Gasteiger partial charge in [-0.25, -0.2) is 4.79 Å². The van der Waals surface area contributed by atoms with Crippen LogP contribution in [0.3, 0.4) is 0 Å². The van der Waals surface area contributed by atoms with E-state index in [9.17, 15) is 19.8 Å². The quantitative estimate of drug-likeness (QED) is 0.355. The van der Waals surface area contributed by atoms with Gasteiger partial charge in [0.15, 0.2) is 0 Å². The number of carbonyl (C=O) groups is 2. The summed E-state index contributed by atoms with van der Waals surface area (Å²) in [6.07, 6.45) is 11.7. The lowest BCUT2D eigenvalue weighted by atomic mass is 9.91. The Kier molecular flexibility index (Phi) is 8.64. The number of benzene rings is 1. The van der Waals surface area contributed by atoms with Crippen LogP contribution in [-0.2, 0) is 20.7 Å². The molecule has 0 saturated carbocycles. The fraction of sp³-hybridized carbons (Fsp3) is 0.440. The number of aromatic hydroxyl groups is 1. The third-order valence-electron chi connectivity index (χ3n) is 5.51. The zero-order valence-corrected chi connectivity index (χ0v) is 18.3. The first-order valence-electron chi connectivity index (χ1n) is 11.1. The zero-order chi connectivity index (χ0) is 22.9. The zero-order valence-electron chi connectivity index (χ0n) is 18.3. The monoisotopic (exact) mass is 441 g/mol. The number of carbonyl (C=O) groups excluding carboxylic acids is 2. The molecule has 3 rings (SSSR count). The Morgan fingerprint density at radius 2 is 2.00 bits per heavy atom. The molecule has 32 heavy (non-hydrogen) atoms. The molecule has 1 amide bonds. The summed E-state index contributed by atoms with van der Waals surface area (Å²) in [7, 11) is 0. The molecule has 0 radical (unpaired) electrons. The molecule has 0 spiro atoms. The molecule has 2 bridgehead atoms. The summed E-state index contributed by atoms with van der Waals surface area (Å²) in [6.45, 7) is 2.01. The molecule has 1 aromatic rings. The summed E-state index contributed by atoms with van der Waals surface area (Å²) >= 11 is 0. The van der Waals surface area contributed by atoms with Gasteiger partial charge in [-0.05, 0) is 37.3 Å². The SMILES string of the molecule is CC/C=C\C=C/C(=O)N/C=C/C[C@H]1C[C@H]2C[C@H](O)C[C@H](Cc3cccc(O)c3C(=O)O1)O2. The molecule has 0 unspecified atom stereocenters. The van der Waals surface area contributed by atoms with E-state index in [0.717, 1.165) is 6.42 Å². The number of cyclic esters (lactones) is 1. The molecule has 7 heteroatoms. The lowest BCUT2D eigenvalue weighted by molar-refractivity contribution is -0.115. The Balaban J connectivity index is 1.70. The van der Waals surface area contributed by atoms with Crippen LogP contribution in [0.5, 0.6) is 5.75 Å². The normalized spacial score (nSPS) is 26.2. The van der Waals surface area contributed by atoms with Crippen molar-refractivity contribution < 1.29 is 29.3 Å². The lowest BCUT2D eigenvalue weighted by Crippen LogP contribution is -2.40. The molecule has 1 saturated heterocycles. The molecule has 2 aliphatic heterocycles. The molecule has 2 heterocycles. The van der Waals surface area contributed by atoms with Gasteiger partial charge in [-0.15, -0.1) is 0 Å². The number of aliphatic hydroxyl groups excluding tert-OH is 1. The van der Waals surface area contributed by atoms with E-state index in [2.05, 4.69) is 5.32 Å². The van der Waals surface area contributed by atoms with E-state index >= 15 is 0 Å². The van der Waals surface area contributed by atoms with Gasteiger partial charge in [0.25, 0.3) is 0 Å². The average molecular weight is 442 g/mol. The summed E-state index contributed by atoms with van der Waals surface area (Å²) in [5, 5.41) is 23.2. The van der Waals surface area contributed by atoms with Gasteiger partial charge < -0.3 is 25.0 Å². The molecule has 4 atom stereocenters. The van der Waals surface area contributed by atoms with Crippen LogP contribution in [0.1, 0.15) is 54.9 Å². The third kappa shape index (κ3) is 6.80. The highest BCUT2D eigenvalue weighted by atomic mass is 16.5. The lowest BCUT2D eigenvalue weighted by Gasteiger charge is -2.36. The molecule has 1 fully saturated rings. The van der Waals surface area contributed by atoms with Gasteiger partial charge in [-0.3, -0.25) is 4.79 Å². The predicted octanol–water partition coefficient (Wildman–Crippen LogP) is 3.31. The van der Waals surface area contributed by atoms with Crippen LogP contribution in [-0.4, -0.2) is 46.5 Å². The predicted molar refractivity (Wildman–Crippen MR) is 120 cm³/mol. The van der Waals surface area contributed by atoms with Gasteiger partial charge in [0, 0.05) is 25.1 Å². The average Bonchev–Trinajstić information content (AvgIpc) is 2.73. The van der Waals surface area contributed by atoms with E-state index in [1.165, 1.54) is 18.3 Å². The fourth-order valence-electron chi connectivity index (χ4n) is 4.07. The van der Waals surface area contributed by atoms with Gasteiger partial charge in [-0.2, -0.15) is 0 Å². The number of phenolic OH excluding ortho intramolecular Hbond substituents is 1. The van der Waals surface area contributed by atoms with Gasteiger partial charge in [0.1, 0.15) is 17.4 Å². The van der Waals surface area contributed by atoms with Crippen molar-refractivity contribution >= 4 is 11.9 Å². The Labute approximate surface area is 188 Å². The molecular weight excluding hydrogens is 410 g/mol. The van der Waals surface area contributed by atoms with E-state index in [1.54, 1.807) is 24.3 Å². The number of ether oxygens (including phenoxy) is 2. The van der Waals surface area contributed by atoms with Crippen molar-refractivity contribution in [1.29, 1.82) is 0 Å². The van der Waals surface area contributed by atoms with Crippen LogP contribution in [0, 0.1) is 0 Å². The second-order valence-corrected chi connectivity index (χ2v) is 8.13. The van der Waals surface area contributed by atoms with Crippen LogP contribution in [0.2, 0.25) is 0 Å². The maximum absolute atomic E-state index is 12.9. The van der Waals surface area contributed by atoms with Crippen LogP contribution < -0.4 is 5.32 Å². The number of allylic oxidation sites excluding steroid dienone is 3. The molecule has 2 aliphatic rings. The van der Waals surface area contributed by atoms with Crippen LogP contribution in [0.4, 0.5) is 0 Å². The highest BCUT2D eigenvalue weighted by Gasteiger charge is 2.34. The van der Waals surface area contributed by atoms with Crippen molar-refractivity contribution in [3.63, 3.8) is 0 Å². The molecule has 0 aliphatic carbocycles. The highest BCUT2D eigenvalue weighted by Crippen LogP contribution is 2.32. The van der Waals surface area contributed by atoms with E-state index in [-0.39, 0.29) is 29.4 Å². The fourth-order valence-corrected chi connectivity index (χ4v) is 4.07. The van der Waals surface area contributed by atoms with Crippen molar-refractivity contribution in [2.24, 2.45) is 0 Å². The maximum atomic E-state index is 12.9. The minimum Gasteiger partial charge on any atom is -0.507 e. The number of hydrogen-bond acceptors (Lipinski definition) is 6. The minimum absolute atomic E-state index is 0.133. The Hall–Kier alpha value is -2.90.